The first-order valence-corrected chi connectivity index (χ1v) is 10.9. The number of benzene rings is 2. The second-order valence-corrected chi connectivity index (χ2v) is 8.50. The number of hydrogen-bond donors (Lipinski definition) is 1. The zero-order chi connectivity index (χ0) is 22.8. The van der Waals surface area contributed by atoms with Crippen molar-refractivity contribution >= 4 is 40.1 Å². The Bertz CT molecular complexity index is 1150. The molecule has 0 spiro atoms. The summed E-state index contributed by atoms with van der Waals surface area (Å²) in [5, 5.41) is 10.8. The maximum atomic E-state index is 12.7. The van der Waals surface area contributed by atoms with Gasteiger partial charge in [0.25, 0.3) is 0 Å². The van der Waals surface area contributed by atoms with Crippen molar-refractivity contribution in [2.45, 2.75) is 38.0 Å². The summed E-state index contributed by atoms with van der Waals surface area (Å²) in [7, 11) is 0. The van der Waals surface area contributed by atoms with Crippen molar-refractivity contribution in [1.82, 2.24) is 4.57 Å². The molecule has 0 saturated heterocycles. The molecule has 2 heterocycles. The minimum absolute atomic E-state index is 0.0528. The van der Waals surface area contributed by atoms with Gasteiger partial charge in [-0.25, -0.2) is 8.78 Å². The molecule has 1 aliphatic rings. The molecule has 0 aliphatic carbocycles. The first-order valence-electron chi connectivity index (χ1n) is 10.1. The van der Waals surface area contributed by atoms with Crippen LogP contribution in [0.5, 0.6) is 11.5 Å². The monoisotopic (exact) mass is 483 g/mol. The molecular weight excluding hydrogens is 463 g/mol. The number of halogens is 4. The van der Waals surface area contributed by atoms with Crippen molar-refractivity contribution in [3.63, 3.8) is 0 Å². The van der Waals surface area contributed by atoms with Crippen LogP contribution < -0.4 is 9.47 Å². The molecule has 0 radical (unpaired) electrons. The summed E-state index contributed by atoms with van der Waals surface area (Å²) in [5.41, 5.74) is 2.57. The first-order chi connectivity index (χ1) is 15.4. The molecule has 9 heteroatoms. The average Bonchev–Trinajstić information content (AvgIpc) is 3.30. The van der Waals surface area contributed by atoms with E-state index in [9.17, 15) is 13.6 Å². The van der Waals surface area contributed by atoms with Gasteiger partial charge in [-0.2, -0.15) is 0 Å². The number of aliphatic carboxylic acids is 1. The number of carboxylic acids is 1. The predicted molar refractivity (Wildman–Crippen MR) is 119 cm³/mol. The van der Waals surface area contributed by atoms with Gasteiger partial charge in [0.2, 0.25) is 0 Å². The number of carboxylic acid groups (broad SMARTS) is 1. The average molecular weight is 484 g/mol. The molecule has 1 aliphatic heterocycles. The van der Waals surface area contributed by atoms with Gasteiger partial charge in [-0.05, 0) is 42.3 Å². The van der Waals surface area contributed by atoms with E-state index in [1.807, 2.05) is 18.2 Å². The third-order valence-electron chi connectivity index (χ3n) is 5.56. The summed E-state index contributed by atoms with van der Waals surface area (Å²) >= 11 is 12.8. The Balaban J connectivity index is 1.49. The SMILES string of the molecule is O=C(O)C[C@@H]1CCn2c1c(Cl)c1cc(OCc3ccc(OC(CF)CF)c(Cl)c3)ccc12. The first kappa shape index (κ1) is 22.7. The Hall–Kier alpha value is -2.51. The van der Waals surface area contributed by atoms with Crippen LogP contribution in [0.2, 0.25) is 10.0 Å². The molecule has 0 saturated carbocycles. The van der Waals surface area contributed by atoms with Crippen LogP contribution in [0.15, 0.2) is 36.4 Å². The molecule has 2 aromatic carbocycles. The van der Waals surface area contributed by atoms with E-state index in [4.69, 9.17) is 37.8 Å². The van der Waals surface area contributed by atoms with E-state index < -0.39 is 25.4 Å². The molecule has 4 rings (SSSR count). The molecule has 1 aromatic heterocycles. The van der Waals surface area contributed by atoms with E-state index in [-0.39, 0.29) is 29.7 Å². The van der Waals surface area contributed by atoms with Crippen LogP contribution in [0.25, 0.3) is 10.9 Å². The van der Waals surface area contributed by atoms with Crippen LogP contribution >= 0.6 is 23.2 Å². The highest BCUT2D eigenvalue weighted by atomic mass is 35.5. The van der Waals surface area contributed by atoms with Gasteiger partial charge in [0, 0.05) is 23.5 Å². The Morgan fingerprint density at radius 2 is 1.97 bits per heavy atom. The van der Waals surface area contributed by atoms with Gasteiger partial charge >= 0.3 is 5.97 Å². The summed E-state index contributed by atoms with van der Waals surface area (Å²) in [6.07, 6.45) is -0.366. The molecule has 170 valence electrons. The lowest BCUT2D eigenvalue weighted by molar-refractivity contribution is -0.137. The zero-order valence-corrected chi connectivity index (χ0v) is 18.5. The maximum absolute atomic E-state index is 12.7. The Morgan fingerprint density at radius 3 is 2.66 bits per heavy atom. The highest BCUT2D eigenvalue weighted by Crippen LogP contribution is 2.43. The van der Waals surface area contributed by atoms with Crippen molar-refractivity contribution in [1.29, 1.82) is 0 Å². The van der Waals surface area contributed by atoms with E-state index in [2.05, 4.69) is 4.57 Å². The summed E-state index contributed by atoms with van der Waals surface area (Å²) < 4.78 is 38.5. The highest BCUT2D eigenvalue weighted by molar-refractivity contribution is 6.36. The van der Waals surface area contributed by atoms with Gasteiger partial charge < -0.3 is 19.1 Å². The summed E-state index contributed by atoms with van der Waals surface area (Å²) in [5.74, 6) is -0.129. The number of hydrogen-bond acceptors (Lipinski definition) is 3. The smallest absolute Gasteiger partial charge is 0.304 e. The van der Waals surface area contributed by atoms with Crippen LogP contribution in [0.4, 0.5) is 8.78 Å². The fourth-order valence-electron chi connectivity index (χ4n) is 4.05. The van der Waals surface area contributed by atoms with E-state index in [0.29, 0.717) is 10.8 Å². The lowest BCUT2D eigenvalue weighted by Crippen LogP contribution is -2.21. The number of aryl methyl sites for hydroxylation is 1. The van der Waals surface area contributed by atoms with Gasteiger partial charge in [-0.15, -0.1) is 0 Å². The van der Waals surface area contributed by atoms with Gasteiger partial charge in [0.1, 0.15) is 31.5 Å². The number of nitrogens with zero attached hydrogens (tertiary/aromatic N) is 1. The topological polar surface area (TPSA) is 60.7 Å². The summed E-state index contributed by atoms with van der Waals surface area (Å²) in [4.78, 5) is 11.2. The molecule has 0 fully saturated rings. The molecule has 3 aromatic rings. The highest BCUT2D eigenvalue weighted by Gasteiger charge is 2.30. The standard InChI is InChI=1S/C23H21Cl2F2NO4/c24-18-7-13(1-4-20(18)32-16(10-26)11-27)12-31-15-2-3-19-17(9-15)22(25)23-14(8-21(29)30)5-6-28(19)23/h1-4,7,9,14,16H,5-6,8,10-12H2,(H,29,30)/t14-/m0/s1. The fourth-order valence-corrected chi connectivity index (χ4v) is 4.71. The molecule has 32 heavy (non-hydrogen) atoms. The molecule has 0 amide bonds. The van der Waals surface area contributed by atoms with E-state index in [1.165, 1.54) is 0 Å². The number of aromatic nitrogens is 1. The molecule has 1 N–H and O–H groups in total. The molecule has 1 atom stereocenters. The minimum Gasteiger partial charge on any atom is -0.489 e. The van der Waals surface area contributed by atoms with Gasteiger partial charge in [0.05, 0.1) is 22.0 Å². The van der Waals surface area contributed by atoms with Gasteiger partial charge in [-0.1, -0.05) is 29.3 Å². The third-order valence-corrected chi connectivity index (χ3v) is 6.25. The quantitative estimate of drug-likeness (QED) is 0.394. The number of ether oxygens (including phenoxy) is 2. The number of alkyl halides is 2. The zero-order valence-electron chi connectivity index (χ0n) is 17.0. The van der Waals surface area contributed by atoms with Gasteiger partial charge in [-0.3, -0.25) is 4.79 Å². The van der Waals surface area contributed by atoms with Crippen LogP contribution in [0, 0.1) is 0 Å². The largest absolute Gasteiger partial charge is 0.489 e. The normalized spacial score (nSPS) is 15.3. The van der Waals surface area contributed by atoms with Gasteiger partial charge in [0.15, 0.2) is 6.10 Å². The van der Waals surface area contributed by atoms with E-state index in [0.717, 1.165) is 35.1 Å². The molecule has 5 nitrogen and oxygen atoms in total. The van der Waals surface area contributed by atoms with Crippen molar-refractivity contribution in [2.24, 2.45) is 0 Å². The lowest BCUT2D eigenvalue weighted by Gasteiger charge is -2.14. The number of rotatable bonds is 9. The minimum atomic E-state index is -1.18. The second kappa shape index (κ2) is 9.55. The number of carbonyl (C=O) groups is 1. The van der Waals surface area contributed by atoms with Crippen LogP contribution in [0.1, 0.15) is 30.0 Å². The van der Waals surface area contributed by atoms with E-state index >= 15 is 0 Å². The Labute approximate surface area is 193 Å². The molecular formula is C23H21Cl2F2NO4. The van der Waals surface area contributed by atoms with E-state index in [1.54, 1.807) is 18.2 Å². The van der Waals surface area contributed by atoms with Crippen molar-refractivity contribution in [3.8, 4) is 11.5 Å². The fraction of sp³-hybridized carbons (Fsp3) is 0.348. The predicted octanol–water partition coefficient (Wildman–Crippen LogP) is 6.18. The summed E-state index contributed by atoms with van der Waals surface area (Å²) in [6, 6.07) is 10.5. The molecule has 0 bridgehead atoms. The van der Waals surface area contributed by atoms with Crippen molar-refractivity contribution in [3.05, 3.63) is 57.7 Å². The second-order valence-electron chi connectivity index (χ2n) is 7.72. The lowest BCUT2D eigenvalue weighted by atomic mass is 10.0. The van der Waals surface area contributed by atoms with Crippen LogP contribution in [0.3, 0.4) is 0 Å². The Morgan fingerprint density at radius 1 is 1.19 bits per heavy atom. The number of fused-ring (bicyclic) bond motifs is 3. The third kappa shape index (κ3) is 4.50. The van der Waals surface area contributed by atoms with Crippen LogP contribution in [-0.4, -0.2) is 35.1 Å². The summed E-state index contributed by atoms with van der Waals surface area (Å²) in [6.45, 7) is -0.935. The van der Waals surface area contributed by atoms with Crippen molar-refractivity contribution in [2.75, 3.05) is 13.3 Å². The maximum Gasteiger partial charge on any atom is 0.304 e. The molecule has 0 unspecified atom stereocenters. The Kier molecular flexibility index (Phi) is 6.76. The van der Waals surface area contributed by atoms with Crippen molar-refractivity contribution < 1.29 is 28.2 Å². The van der Waals surface area contributed by atoms with Crippen LogP contribution in [-0.2, 0) is 17.9 Å².